The van der Waals surface area contributed by atoms with Gasteiger partial charge in [0.1, 0.15) is 6.04 Å². The molecule has 0 heterocycles. The molecule has 2 nitrogen and oxygen atoms in total. The summed E-state index contributed by atoms with van der Waals surface area (Å²) in [5.74, 6) is -3.61. The first-order valence-corrected chi connectivity index (χ1v) is 4.13. The van der Waals surface area contributed by atoms with Crippen molar-refractivity contribution in [3.05, 3.63) is 29.3 Å². The molecule has 7 heteroatoms. The Morgan fingerprint density at radius 3 is 2.25 bits per heavy atom. The molecule has 1 aromatic carbocycles. The number of benzene rings is 1. The molecule has 0 saturated heterocycles. The highest BCUT2D eigenvalue weighted by Crippen LogP contribution is 2.37. The van der Waals surface area contributed by atoms with Crippen LogP contribution in [0.15, 0.2) is 12.1 Å². The second-order valence-corrected chi connectivity index (χ2v) is 3.00. The first-order chi connectivity index (χ1) is 7.29. The number of ether oxygens (including phenoxy) is 1. The molecule has 0 fully saturated rings. The minimum Gasteiger partial charge on any atom is -0.493 e. The van der Waals surface area contributed by atoms with Crippen molar-refractivity contribution in [2.45, 2.75) is 12.2 Å². The van der Waals surface area contributed by atoms with E-state index in [1.54, 1.807) is 0 Å². The lowest BCUT2D eigenvalue weighted by atomic mass is 10.1. The third-order valence-electron chi connectivity index (χ3n) is 1.97. The van der Waals surface area contributed by atoms with Gasteiger partial charge in [-0.15, -0.1) is 0 Å². The van der Waals surface area contributed by atoms with Gasteiger partial charge in [-0.05, 0) is 6.07 Å². The van der Waals surface area contributed by atoms with Crippen LogP contribution in [0.2, 0.25) is 0 Å². The van der Waals surface area contributed by atoms with Crippen LogP contribution in [0, 0.1) is 11.6 Å². The number of halogens is 5. The zero-order valence-corrected chi connectivity index (χ0v) is 8.11. The van der Waals surface area contributed by atoms with Crippen molar-refractivity contribution in [1.29, 1.82) is 0 Å². The molecule has 1 aromatic rings. The summed E-state index contributed by atoms with van der Waals surface area (Å²) < 4.78 is 67.1. The summed E-state index contributed by atoms with van der Waals surface area (Å²) in [7, 11) is 0.935. The smallest absolute Gasteiger partial charge is 0.407 e. The highest BCUT2D eigenvalue weighted by atomic mass is 19.4. The van der Waals surface area contributed by atoms with Gasteiger partial charge in [-0.3, -0.25) is 0 Å². The zero-order valence-electron chi connectivity index (χ0n) is 8.11. The number of alkyl halides is 3. The maximum Gasteiger partial charge on any atom is 0.407 e. The summed E-state index contributed by atoms with van der Waals surface area (Å²) in [5, 5.41) is 0. The van der Waals surface area contributed by atoms with E-state index in [2.05, 4.69) is 4.74 Å². The topological polar surface area (TPSA) is 35.2 Å². The fraction of sp³-hybridized carbons (Fsp3) is 0.333. The Kier molecular flexibility index (Phi) is 3.37. The molecule has 0 bridgehead atoms. The van der Waals surface area contributed by atoms with Crippen LogP contribution in [0.25, 0.3) is 0 Å². The van der Waals surface area contributed by atoms with Gasteiger partial charge in [-0.1, -0.05) is 6.07 Å². The molecule has 0 aliphatic carbocycles. The first-order valence-electron chi connectivity index (χ1n) is 4.13. The van der Waals surface area contributed by atoms with E-state index >= 15 is 0 Å². The quantitative estimate of drug-likeness (QED) is 0.807. The molecule has 1 unspecified atom stereocenters. The third kappa shape index (κ3) is 2.24. The van der Waals surface area contributed by atoms with Crippen LogP contribution in [-0.2, 0) is 0 Å². The normalized spacial score (nSPS) is 13.7. The van der Waals surface area contributed by atoms with E-state index in [-0.39, 0.29) is 0 Å². The fourth-order valence-electron chi connectivity index (χ4n) is 1.18. The molecular formula is C9H8F5NO. The lowest BCUT2D eigenvalue weighted by Crippen LogP contribution is -2.29. The number of hydrogen-bond donors (Lipinski definition) is 1. The van der Waals surface area contributed by atoms with Crippen molar-refractivity contribution < 1.29 is 26.7 Å². The molecule has 16 heavy (non-hydrogen) atoms. The number of nitrogens with two attached hydrogens (primary N) is 1. The van der Waals surface area contributed by atoms with Crippen LogP contribution >= 0.6 is 0 Å². The van der Waals surface area contributed by atoms with Gasteiger partial charge in [0.05, 0.1) is 7.11 Å². The van der Waals surface area contributed by atoms with Gasteiger partial charge >= 0.3 is 6.18 Å². The van der Waals surface area contributed by atoms with Crippen LogP contribution < -0.4 is 10.5 Å². The Morgan fingerprint density at radius 1 is 1.25 bits per heavy atom. The lowest BCUT2D eigenvalue weighted by molar-refractivity contribution is -0.149. The predicted octanol–water partition coefficient (Wildman–Crippen LogP) is 2.54. The standard InChI is InChI=1S/C9H8F5NO/c1-16-7-4(8(15)9(12,13)14)2-3-5(10)6(7)11/h2-3,8H,15H2,1H3. The van der Waals surface area contributed by atoms with Crippen LogP contribution in [0.4, 0.5) is 22.0 Å². The Hall–Kier alpha value is -1.37. The Balaban J connectivity index is 3.30. The Morgan fingerprint density at radius 2 is 1.81 bits per heavy atom. The Bertz CT molecular complexity index is 390. The van der Waals surface area contributed by atoms with Crippen LogP contribution in [0.3, 0.4) is 0 Å². The molecule has 0 aliphatic heterocycles. The number of hydrogen-bond acceptors (Lipinski definition) is 2. The Labute approximate surface area is 87.8 Å². The average Bonchev–Trinajstić information content (AvgIpc) is 2.19. The summed E-state index contributed by atoms with van der Waals surface area (Å²) in [5.41, 5.74) is 4.23. The molecule has 0 aromatic heterocycles. The maximum atomic E-state index is 13.1. The lowest BCUT2D eigenvalue weighted by Gasteiger charge is -2.18. The van der Waals surface area contributed by atoms with Gasteiger partial charge in [0.25, 0.3) is 0 Å². The highest BCUT2D eigenvalue weighted by Gasteiger charge is 2.40. The van der Waals surface area contributed by atoms with E-state index < -0.39 is 35.2 Å². The van der Waals surface area contributed by atoms with Gasteiger partial charge < -0.3 is 10.5 Å². The van der Waals surface area contributed by atoms with Gasteiger partial charge in [0.2, 0.25) is 5.82 Å². The SMILES string of the molecule is COc1c(C(N)C(F)(F)F)ccc(F)c1F. The third-order valence-corrected chi connectivity index (χ3v) is 1.97. The summed E-state index contributed by atoms with van der Waals surface area (Å²) in [6, 6.07) is -1.11. The van der Waals surface area contributed by atoms with Crippen LogP contribution in [0.1, 0.15) is 11.6 Å². The maximum absolute atomic E-state index is 13.1. The second-order valence-electron chi connectivity index (χ2n) is 3.00. The van der Waals surface area contributed by atoms with Crippen molar-refractivity contribution in [2.75, 3.05) is 7.11 Å². The molecule has 0 radical (unpaired) electrons. The van der Waals surface area contributed by atoms with Crippen molar-refractivity contribution in [3.63, 3.8) is 0 Å². The molecule has 0 amide bonds. The van der Waals surface area contributed by atoms with E-state index in [4.69, 9.17) is 5.73 Å². The largest absolute Gasteiger partial charge is 0.493 e. The van der Waals surface area contributed by atoms with E-state index in [9.17, 15) is 22.0 Å². The van der Waals surface area contributed by atoms with Gasteiger partial charge in [0.15, 0.2) is 11.6 Å². The molecule has 0 spiro atoms. The zero-order chi connectivity index (χ0) is 12.5. The van der Waals surface area contributed by atoms with E-state index in [1.165, 1.54) is 0 Å². The molecule has 0 saturated carbocycles. The molecule has 90 valence electrons. The molecular weight excluding hydrogens is 233 g/mol. The summed E-state index contributed by atoms with van der Waals surface area (Å²) in [4.78, 5) is 0. The van der Waals surface area contributed by atoms with Crippen molar-refractivity contribution in [1.82, 2.24) is 0 Å². The average molecular weight is 241 g/mol. The molecule has 1 rings (SSSR count). The number of methoxy groups -OCH3 is 1. The molecule has 1 atom stereocenters. The van der Waals surface area contributed by atoms with Crippen LogP contribution in [0.5, 0.6) is 5.75 Å². The van der Waals surface area contributed by atoms with E-state index in [0.29, 0.717) is 6.07 Å². The number of rotatable bonds is 2. The van der Waals surface area contributed by atoms with Crippen molar-refractivity contribution >= 4 is 0 Å². The summed E-state index contributed by atoms with van der Waals surface area (Å²) in [6.07, 6.45) is -4.75. The van der Waals surface area contributed by atoms with Crippen molar-refractivity contribution in [3.8, 4) is 5.75 Å². The van der Waals surface area contributed by atoms with Crippen LogP contribution in [-0.4, -0.2) is 13.3 Å². The van der Waals surface area contributed by atoms with E-state index in [1.807, 2.05) is 0 Å². The monoisotopic (exact) mass is 241 g/mol. The molecule has 0 aliphatic rings. The summed E-state index contributed by atoms with van der Waals surface area (Å²) in [6.45, 7) is 0. The summed E-state index contributed by atoms with van der Waals surface area (Å²) >= 11 is 0. The van der Waals surface area contributed by atoms with Crippen molar-refractivity contribution in [2.24, 2.45) is 5.73 Å². The second kappa shape index (κ2) is 4.25. The molecule has 2 N–H and O–H groups in total. The van der Waals surface area contributed by atoms with E-state index in [0.717, 1.165) is 13.2 Å². The minimum atomic E-state index is -4.75. The highest BCUT2D eigenvalue weighted by molar-refractivity contribution is 5.38. The fourth-order valence-corrected chi connectivity index (χ4v) is 1.18. The predicted molar refractivity (Wildman–Crippen MR) is 45.9 cm³/mol. The van der Waals surface area contributed by atoms with Gasteiger partial charge in [0, 0.05) is 5.56 Å². The minimum absolute atomic E-state index is 0.568. The first kappa shape index (κ1) is 12.7. The van der Waals surface area contributed by atoms with Gasteiger partial charge in [-0.25, -0.2) is 4.39 Å². The van der Waals surface area contributed by atoms with Gasteiger partial charge in [-0.2, -0.15) is 17.6 Å².